The molecule has 19 heteroatoms. The van der Waals surface area contributed by atoms with Gasteiger partial charge in [-0.15, -0.1) is 0 Å². The van der Waals surface area contributed by atoms with E-state index in [9.17, 15) is 28.8 Å². The Morgan fingerprint density at radius 3 is 1.66 bits per heavy atom. The van der Waals surface area contributed by atoms with Crippen LogP contribution in [0.25, 0.3) is 5.53 Å². The molecule has 0 aromatic rings. The van der Waals surface area contributed by atoms with Crippen molar-refractivity contribution in [3.05, 3.63) is 5.53 Å². The van der Waals surface area contributed by atoms with Gasteiger partial charge in [-0.1, -0.05) is 13.8 Å². The van der Waals surface area contributed by atoms with E-state index >= 15 is 0 Å². The van der Waals surface area contributed by atoms with Crippen LogP contribution in [0.15, 0.2) is 0 Å². The summed E-state index contributed by atoms with van der Waals surface area (Å²) in [6.07, 6.45) is -0.795. The molecule has 4 fully saturated rings. The van der Waals surface area contributed by atoms with E-state index in [1.807, 2.05) is 0 Å². The topological polar surface area (TPSA) is 239 Å². The quantitative estimate of drug-likeness (QED) is 0.172. The van der Waals surface area contributed by atoms with Crippen molar-refractivity contribution in [3.8, 4) is 0 Å². The van der Waals surface area contributed by atoms with Crippen molar-refractivity contribution in [2.75, 3.05) is 26.2 Å². The van der Waals surface area contributed by atoms with E-state index in [1.54, 1.807) is 13.8 Å². The molecule has 4 aliphatic rings. The van der Waals surface area contributed by atoms with E-state index in [-0.39, 0.29) is 30.3 Å². The molecule has 41 heavy (non-hydrogen) atoms. The molecule has 0 aromatic heterocycles. The number of nitrogens with zero attached hydrogens (tertiary/aromatic N) is 5. The minimum Gasteiger partial charge on any atom is -0.480 e. The van der Waals surface area contributed by atoms with Gasteiger partial charge in [0, 0.05) is 19.6 Å². The van der Waals surface area contributed by atoms with Crippen LogP contribution in [0.3, 0.4) is 0 Å². The first-order chi connectivity index (χ1) is 17.8. The Morgan fingerprint density at radius 2 is 1.24 bits per heavy atom. The van der Waals surface area contributed by atoms with E-state index in [4.69, 9.17) is 30.7 Å². The Bertz CT molecular complexity index is 1010. The summed E-state index contributed by atoms with van der Waals surface area (Å²) >= 11 is 0. The van der Waals surface area contributed by atoms with Crippen molar-refractivity contribution in [1.82, 2.24) is 14.7 Å². The minimum atomic E-state index is -1.15. The maximum absolute atomic E-state index is 11.4. The molecule has 0 spiro atoms. The Morgan fingerprint density at radius 1 is 0.805 bits per heavy atom. The molecule has 0 bridgehead atoms. The van der Waals surface area contributed by atoms with Gasteiger partial charge in [0.25, 0.3) is 5.78 Å². The molecule has 246 valence electrons. The molecular weight excluding hydrogens is 1280 g/mol. The van der Waals surface area contributed by atoms with E-state index < -0.39 is 48.2 Å². The van der Waals surface area contributed by atoms with Gasteiger partial charge in [0.2, 0.25) is 0 Å². The van der Waals surface area contributed by atoms with Crippen LogP contribution in [0.5, 0.6) is 0 Å². The van der Waals surface area contributed by atoms with Crippen LogP contribution in [0.1, 0.15) is 33.1 Å². The summed E-state index contributed by atoms with van der Waals surface area (Å²) in [5.74, 6) is -1.75. The monoisotopic (exact) mass is 1310 g/mol. The van der Waals surface area contributed by atoms with E-state index in [2.05, 4.69) is 4.79 Å². The third kappa shape index (κ3) is 7.72. The standard InChI is InChI=1S/C8H11N3O3.C7H9NO4.C7H11NO4.3Fm/c1-5-2-3-11(8(13)14)7(5)6(12)4-10-9;9-4-3-12-5-1-2-8(6(4)5)7(10)11;1-4-2-3-8(7(11)12)5(4)6(9)10;;;/h4-5,7H,2-3H2,1H3,(H,13,14);5-6H,1-3H2,(H,10,11);4-5H,2-3H2,1H3,(H,9,10)(H,11,12);;;. The molecule has 4 aliphatic heterocycles. The zero-order chi connectivity index (χ0) is 28.7. The molecule has 6 atom stereocenters. The smallest absolute Gasteiger partial charge is 0.408 e. The van der Waals surface area contributed by atoms with Crippen molar-refractivity contribution in [2.24, 2.45) is 11.8 Å². The molecular formula is C22H31Fm3N5O11. The van der Waals surface area contributed by atoms with Gasteiger partial charge in [0.1, 0.15) is 24.7 Å². The molecule has 16 nitrogen and oxygen atoms in total. The number of carboxylic acids is 1. The van der Waals surface area contributed by atoms with Crippen LogP contribution >= 0.6 is 0 Å². The molecule has 3 amide bonds. The van der Waals surface area contributed by atoms with Crippen LogP contribution in [-0.2, 0) is 19.1 Å². The van der Waals surface area contributed by atoms with Crippen LogP contribution in [0, 0.1) is 11.8 Å². The van der Waals surface area contributed by atoms with Crippen molar-refractivity contribution in [1.29, 1.82) is 0 Å². The van der Waals surface area contributed by atoms with Gasteiger partial charge in [0.05, 0.1) is 6.10 Å². The second-order valence-electron chi connectivity index (χ2n) is 9.38. The Labute approximate surface area is 217 Å². The van der Waals surface area contributed by atoms with Gasteiger partial charge < -0.3 is 30.7 Å². The number of rotatable bonds is 3. The molecule has 0 aromatic carbocycles. The fourth-order valence-corrected chi connectivity index (χ4v) is 5.08. The van der Waals surface area contributed by atoms with Gasteiger partial charge >= 0.3 is 30.5 Å². The number of aliphatic carboxylic acids is 1. The second kappa shape index (κ2) is 14.6. The largest absolute Gasteiger partial charge is 0.480 e. The van der Waals surface area contributed by atoms with Crippen LogP contribution in [0.4, 0.5) is 14.4 Å². The van der Waals surface area contributed by atoms with Gasteiger partial charge in [0.15, 0.2) is 5.78 Å². The third-order valence-electron chi connectivity index (χ3n) is 6.98. The Hall–Kier alpha value is -7.04. The first kappa shape index (κ1) is 36.1. The average molecular weight is 1310 g/mol. The summed E-state index contributed by atoms with van der Waals surface area (Å²) in [5, 5.41) is 34.8. The molecule has 0 aliphatic carbocycles. The number of hydrogen-bond donors (Lipinski definition) is 4. The first-order valence-corrected chi connectivity index (χ1v) is 11.9. The van der Waals surface area contributed by atoms with Crippen LogP contribution < -0.4 is 0 Å². The number of ketones is 2. The van der Waals surface area contributed by atoms with Crippen molar-refractivity contribution in [3.63, 3.8) is 0 Å². The van der Waals surface area contributed by atoms with Crippen molar-refractivity contribution >= 4 is 42.0 Å². The van der Waals surface area contributed by atoms with E-state index in [1.165, 1.54) is 4.90 Å². The normalized spacial score (nSPS) is 27.2. The summed E-state index contributed by atoms with van der Waals surface area (Å²) in [4.78, 5) is 70.8. The predicted molar refractivity (Wildman–Crippen MR) is 125 cm³/mol. The van der Waals surface area contributed by atoms with E-state index in [0.29, 0.717) is 38.9 Å². The fourth-order valence-electron chi connectivity index (χ4n) is 5.08. The number of carboxylic acid groups (broad SMARTS) is 4. The number of carbonyl (C=O) groups is 6. The number of fused-ring (bicyclic) bond motifs is 1. The van der Waals surface area contributed by atoms with Gasteiger partial charge in [-0.25, -0.2) is 19.2 Å². The number of carbonyl (C=O) groups excluding carboxylic acids is 2. The predicted octanol–water partition coefficient (Wildman–Crippen LogP) is 0.411. The summed E-state index contributed by atoms with van der Waals surface area (Å²) in [5.41, 5.74) is 8.19. The molecule has 0 saturated carbocycles. The van der Waals surface area contributed by atoms with Gasteiger partial charge in [-0.3, -0.25) is 24.3 Å². The first-order valence-electron chi connectivity index (χ1n) is 11.9. The maximum atomic E-state index is 11.4. The molecule has 4 rings (SSSR count). The molecule has 6 unspecified atom stereocenters. The summed E-state index contributed by atoms with van der Waals surface area (Å²) in [6, 6.07) is -2.09. The summed E-state index contributed by atoms with van der Waals surface area (Å²) in [7, 11) is 0. The maximum Gasteiger partial charge on any atom is 0.408 e. The minimum absolute atomic E-state index is 0. The average Bonchev–Trinajstić information content (AvgIpc) is 3.59. The Kier molecular flexibility index (Phi) is 12.9. The van der Waals surface area contributed by atoms with Crippen molar-refractivity contribution in [2.45, 2.75) is 57.3 Å². The number of amides is 3. The van der Waals surface area contributed by atoms with Gasteiger partial charge in [-0.2, -0.15) is 4.79 Å². The second-order valence-corrected chi connectivity index (χ2v) is 9.38. The third-order valence-corrected chi connectivity index (χ3v) is 6.98. The van der Waals surface area contributed by atoms with Crippen molar-refractivity contribution < 1.29 is 58.7 Å². The van der Waals surface area contributed by atoms with Crippen LogP contribution in [0.2, 0.25) is 0 Å². The number of Topliss-reactive ketones (excluding diaryl/α,β-unsaturated/α-hetero) is 2. The Balaban J connectivity index is 0. The SMILES string of the molecule is CC1CCN(C(=O)O)C1C(=O)C=[N+]=[N-].CC1CCN(C(=O)O)C1C(=O)O.O=C1COC2CCN(C(=O)O)C12.[Fm].[Fm].[Fm]. The summed E-state index contributed by atoms with van der Waals surface area (Å²) in [6.45, 7) is 4.72. The number of likely N-dealkylation sites (tertiary alicyclic amines) is 3. The molecule has 0 radical (unpaired) electrons. The fraction of sp³-hybridized carbons (Fsp3) is 0.682. The molecule has 4 heterocycles. The van der Waals surface area contributed by atoms with Gasteiger partial charge in [-0.05, 0) is 31.1 Å². The zero-order valence-corrected chi connectivity index (χ0v) is 29.0. The zero-order valence-electron chi connectivity index (χ0n) is 21.7. The number of ether oxygens (including phenoxy) is 1. The summed E-state index contributed by atoms with van der Waals surface area (Å²) < 4.78 is 5.12. The molecule has 4 saturated heterocycles. The molecule has 4 N–H and O–H groups in total. The van der Waals surface area contributed by atoms with E-state index in [0.717, 1.165) is 16.0 Å². The number of hydrogen-bond acceptors (Lipinski definition) is 7. The van der Waals surface area contributed by atoms with Crippen LogP contribution in [-0.4, -0.2) is 132 Å².